The Bertz CT molecular complexity index is 367. The van der Waals surface area contributed by atoms with E-state index in [9.17, 15) is 0 Å². The first-order valence-electron chi connectivity index (χ1n) is 5.86. The van der Waals surface area contributed by atoms with Gasteiger partial charge in [0.2, 0.25) is 8.32 Å². The number of fused-ring (bicyclic) bond motifs is 1. The summed E-state index contributed by atoms with van der Waals surface area (Å²) in [5, 5.41) is 1.49. The van der Waals surface area contributed by atoms with Gasteiger partial charge in [-0.3, -0.25) is 0 Å². The van der Waals surface area contributed by atoms with Gasteiger partial charge in [0.15, 0.2) is 0 Å². The molecule has 1 aliphatic rings. The van der Waals surface area contributed by atoms with E-state index in [0.29, 0.717) is 0 Å². The minimum absolute atomic E-state index is 0.00627. The molecule has 2 rings (SSSR count). The largest absolute Gasteiger partial charge is 0.403 e. The number of hydrogen-bond donors (Lipinski definition) is 0. The lowest BCUT2D eigenvalue weighted by molar-refractivity contribution is 0.0634. The maximum atomic E-state index is 6.44. The molecule has 1 aromatic rings. The standard InChI is InChI=1S/C13H20OSi/c1-5-13(6-2)11-9-7-8-10-12(11)15(3,4)14-13/h7-10H,5-6H2,1-4H3. The monoisotopic (exact) mass is 220 g/mol. The maximum absolute atomic E-state index is 6.44. The number of hydrogen-bond acceptors (Lipinski definition) is 1. The molecule has 0 N–H and O–H groups in total. The van der Waals surface area contributed by atoms with Crippen LogP contribution in [0.5, 0.6) is 0 Å². The van der Waals surface area contributed by atoms with Gasteiger partial charge in [0.25, 0.3) is 0 Å². The van der Waals surface area contributed by atoms with Crippen LogP contribution < -0.4 is 5.19 Å². The summed E-state index contributed by atoms with van der Waals surface area (Å²) in [7, 11) is -1.64. The average Bonchev–Trinajstić information content (AvgIpc) is 2.49. The molecule has 0 saturated heterocycles. The highest BCUT2D eigenvalue weighted by Gasteiger charge is 2.47. The summed E-state index contributed by atoms with van der Waals surface area (Å²) in [5.74, 6) is 0. The van der Waals surface area contributed by atoms with Crippen molar-refractivity contribution in [3.8, 4) is 0 Å². The van der Waals surface area contributed by atoms with Crippen molar-refractivity contribution in [2.24, 2.45) is 0 Å². The van der Waals surface area contributed by atoms with Gasteiger partial charge < -0.3 is 4.43 Å². The Morgan fingerprint density at radius 1 is 1.13 bits per heavy atom. The Morgan fingerprint density at radius 2 is 1.73 bits per heavy atom. The summed E-state index contributed by atoms with van der Waals surface area (Å²) in [6.45, 7) is 9.07. The van der Waals surface area contributed by atoms with Gasteiger partial charge in [-0.15, -0.1) is 0 Å². The minimum Gasteiger partial charge on any atom is -0.403 e. The zero-order valence-electron chi connectivity index (χ0n) is 10.1. The molecule has 0 aliphatic carbocycles. The van der Waals surface area contributed by atoms with E-state index in [1.807, 2.05) is 0 Å². The van der Waals surface area contributed by atoms with E-state index in [-0.39, 0.29) is 5.60 Å². The fourth-order valence-electron chi connectivity index (χ4n) is 2.78. The van der Waals surface area contributed by atoms with Crippen molar-refractivity contribution in [2.45, 2.75) is 45.4 Å². The van der Waals surface area contributed by atoms with E-state index in [0.717, 1.165) is 12.8 Å². The fraction of sp³-hybridized carbons (Fsp3) is 0.538. The first kappa shape index (κ1) is 10.9. The fourth-order valence-corrected chi connectivity index (χ4v) is 5.72. The van der Waals surface area contributed by atoms with Gasteiger partial charge in [0.1, 0.15) is 0 Å². The molecule has 0 radical (unpaired) electrons. The summed E-state index contributed by atoms with van der Waals surface area (Å²) in [5.41, 5.74) is 1.46. The van der Waals surface area contributed by atoms with Crippen LogP contribution in [-0.2, 0) is 10.0 Å². The van der Waals surface area contributed by atoms with Crippen molar-refractivity contribution >= 4 is 13.5 Å². The Balaban J connectivity index is 2.60. The smallest absolute Gasteiger partial charge is 0.219 e. The summed E-state index contributed by atoms with van der Waals surface area (Å²) in [4.78, 5) is 0. The summed E-state index contributed by atoms with van der Waals surface area (Å²) >= 11 is 0. The summed E-state index contributed by atoms with van der Waals surface area (Å²) in [6.07, 6.45) is 2.16. The van der Waals surface area contributed by atoms with Crippen LogP contribution in [0.2, 0.25) is 13.1 Å². The van der Waals surface area contributed by atoms with E-state index >= 15 is 0 Å². The lowest BCUT2D eigenvalue weighted by Gasteiger charge is -2.30. The molecule has 0 fully saturated rings. The van der Waals surface area contributed by atoms with Crippen LogP contribution in [0, 0.1) is 0 Å². The van der Waals surface area contributed by atoms with E-state index in [2.05, 4.69) is 51.2 Å². The molecule has 0 bridgehead atoms. The molecule has 2 heteroatoms. The van der Waals surface area contributed by atoms with Gasteiger partial charge in [0, 0.05) is 0 Å². The molecule has 1 nitrogen and oxygen atoms in total. The van der Waals surface area contributed by atoms with Gasteiger partial charge in [-0.1, -0.05) is 38.1 Å². The van der Waals surface area contributed by atoms with Crippen molar-refractivity contribution < 1.29 is 4.43 Å². The number of rotatable bonds is 2. The molecular weight excluding hydrogens is 200 g/mol. The predicted molar refractivity (Wildman–Crippen MR) is 66.9 cm³/mol. The summed E-state index contributed by atoms with van der Waals surface area (Å²) in [6, 6.07) is 8.79. The molecule has 0 spiro atoms. The molecule has 82 valence electrons. The third kappa shape index (κ3) is 1.47. The SMILES string of the molecule is CCC1(CC)O[Si](C)(C)c2ccccc21. The molecule has 1 heterocycles. The lowest BCUT2D eigenvalue weighted by Crippen LogP contribution is -2.41. The van der Waals surface area contributed by atoms with Crippen molar-refractivity contribution in [3.63, 3.8) is 0 Å². The first-order valence-corrected chi connectivity index (χ1v) is 8.77. The second-order valence-electron chi connectivity index (χ2n) is 4.86. The first-order chi connectivity index (χ1) is 7.06. The van der Waals surface area contributed by atoms with Crippen LogP contribution in [-0.4, -0.2) is 8.32 Å². The molecule has 0 atom stereocenters. The van der Waals surface area contributed by atoms with Crippen molar-refractivity contribution in [1.29, 1.82) is 0 Å². The molecule has 0 amide bonds. The van der Waals surface area contributed by atoms with Crippen LogP contribution in [0.4, 0.5) is 0 Å². The second kappa shape index (κ2) is 3.46. The van der Waals surface area contributed by atoms with E-state index in [1.54, 1.807) is 0 Å². The van der Waals surface area contributed by atoms with Gasteiger partial charge >= 0.3 is 0 Å². The topological polar surface area (TPSA) is 9.23 Å². The molecule has 1 aromatic carbocycles. The minimum atomic E-state index is -1.64. The third-order valence-corrected chi connectivity index (χ3v) is 6.29. The second-order valence-corrected chi connectivity index (χ2v) is 8.62. The molecule has 0 saturated carbocycles. The van der Waals surface area contributed by atoms with Crippen molar-refractivity contribution in [3.05, 3.63) is 29.8 Å². The van der Waals surface area contributed by atoms with Crippen molar-refractivity contribution in [1.82, 2.24) is 0 Å². The Hall–Kier alpha value is -0.603. The van der Waals surface area contributed by atoms with Gasteiger partial charge in [-0.2, -0.15) is 0 Å². The lowest BCUT2D eigenvalue weighted by atomic mass is 9.89. The van der Waals surface area contributed by atoms with Gasteiger partial charge in [-0.05, 0) is 36.7 Å². The number of benzene rings is 1. The van der Waals surface area contributed by atoms with E-state index in [4.69, 9.17) is 4.43 Å². The molecule has 1 aliphatic heterocycles. The zero-order valence-corrected chi connectivity index (χ0v) is 11.1. The van der Waals surface area contributed by atoms with Gasteiger partial charge in [0.05, 0.1) is 5.60 Å². The quantitative estimate of drug-likeness (QED) is 0.696. The normalized spacial score (nSPS) is 21.3. The molecular formula is C13H20OSi. The van der Waals surface area contributed by atoms with E-state index < -0.39 is 8.32 Å². The van der Waals surface area contributed by atoms with Crippen molar-refractivity contribution in [2.75, 3.05) is 0 Å². The Morgan fingerprint density at radius 3 is 2.33 bits per heavy atom. The van der Waals surface area contributed by atoms with Crippen LogP contribution in [0.25, 0.3) is 0 Å². The highest BCUT2D eigenvalue weighted by atomic mass is 28.4. The molecule has 0 aromatic heterocycles. The van der Waals surface area contributed by atoms with Crippen LogP contribution in [0.1, 0.15) is 32.3 Å². The van der Waals surface area contributed by atoms with Crippen LogP contribution >= 0.6 is 0 Å². The Labute approximate surface area is 93.6 Å². The third-order valence-electron chi connectivity index (χ3n) is 3.66. The van der Waals surface area contributed by atoms with E-state index in [1.165, 1.54) is 10.8 Å². The molecule has 0 unspecified atom stereocenters. The highest BCUT2D eigenvalue weighted by molar-refractivity contribution is 6.85. The highest BCUT2D eigenvalue weighted by Crippen LogP contribution is 2.40. The average molecular weight is 220 g/mol. The van der Waals surface area contributed by atoms with Gasteiger partial charge in [-0.25, -0.2) is 0 Å². The van der Waals surface area contributed by atoms with Crippen LogP contribution in [0.3, 0.4) is 0 Å². The maximum Gasteiger partial charge on any atom is 0.219 e. The zero-order chi connectivity index (χ0) is 11.1. The Kier molecular flexibility index (Phi) is 2.51. The summed E-state index contributed by atoms with van der Waals surface area (Å²) < 4.78 is 6.44. The van der Waals surface area contributed by atoms with Crippen LogP contribution in [0.15, 0.2) is 24.3 Å². The molecule has 15 heavy (non-hydrogen) atoms. The predicted octanol–water partition coefficient (Wildman–Crippen LogP) is 3.14.